The Bertz CT molecular complexity index is 398. The van der Waals surface area contributed by atoms with Crippen molar-refractivity contribution in [3.05, 3.63) is 0 Å². The third-order valence-corrected chi connectivity index (χ3v) is 4.90. The van der Waals surface area contributed by atoms with Crippen molar-refractivity contribution in [2.75, 3.05) is 12.9 Å². The number of amides is 1. The molecule has 1 unspecified atom stereocenters. The van der Waals surface area contributed by atoms with Crippen molar-refractivity contribution < 1.29 is 14.3 Å². The number of hydrogen-bond donors (Lipinski definition) is 1. The Morgan fingerprint density at radius 2 is 1.95 bits per heavy atom. The third-order valence-electron chi connectivity index (χ3n) is 3.73. The van der Waals surface area contributed by atoms with Gasteiger partial charge in [-0.15, -0.1) is 11.8 Å². The fraction of sp³-hybridized carbons (Fsp3) is 0.800. The van der Waals surface area contributed by atoms with Gasteiger partial charge in [0.15, 0.2) is 0 Å². The van der Waals surface area contributed by atoms with Crippen LogP contribution in [0.1, 0.15) is 51.9 Å². The van der Waals surface area contributed by atoms with Gasteiger partial charge in [0, 0.05) is 5.25 Å². The summed E-state index contributed by atoms with van der Waals surface area (Å²) in [6.45, 7) is 1.89. The monoisotopic (exact) mass is 312 g/mol. The Hall–Kier alpha value is -1.22. The first kappa shape index (κ1) is 17.8. The van der Waals surface area contributed by atoms with Gasteiger partial charge in [-0.2, -0.15) is 5.26 Å². The van der Waals surface area contributed by atoms with E-state index in [9.17, 15) is 14.9 Å². The molecule has 0 spiro atoms. The predicted octanol–water partition coefficient (Wildman–Crippen LogP) is 2.40. The van der Waals surface area contributed by atoms with Gasteiger partial charge in [-0.1, -0.05) is 32.6 Å². The van der Waals surface area contributed by atoms with Crippen LogP contribution in [-0.4, -0.2) is 35.5 Å². The molecule has 1 rings (SSSR count). The number of hydrogen-bond acceptors (Lipinski definition) is 5. The molecular weight excluding hydrogens is 288 g/mol. The molecule has 0 aromatic carbocycles. The topological polar surface area (TPSA) is 79.2 Å². The van der Waals surface area contributed by atoms with E-state index in [1.165, 1.54) is 18.9 Å². The standard InChI is InChI=1S/C15H24N2O3S/c1-12(9-14(19)20-2)21-10-13(18)17-15(11-16)7-5-3-4-6-8-15/h12H,3-10H2,1-2H3,(H,17,18). The second-order valence-electron chi connectivity index (χ2n) is 5.56. The molecule has 1 atom stereocenters. The molecule has 0 aliphatic heterocycles. The summed E-state index contributed by atoms with van der Waals surface area (Å²) in [5.41, 5.74) is -0.695. The van der Waals surface area contributed by atoms with Crippen molar-refractivity contribution in [1.82, 2.24) is 5.32 Å². The quantitative estimate of drug-likeness (QED) is 0.602. The van der Waals surface area contributed by atoms with Gasteiger partial charge in [0.2, 0.25) is 5.91 Å². The highest BCUT2D eigenvalue weighted by atomic mass is 32.2. The summed E-state index contributed by atoms with van der Waals surface area (Å²) < 4.78 is 4.60. The summed E-state index contributed by atoms with van der Waals surface area (Å²) in [6, 6.07) is 2.30. The van der Waals surface area contributed by atoms with Gasteiger partial charge in [-0.25, -0.2) is 0 Å². The second-order valence-corrected chi connectivity index (χ2v) is 6.98. The average molecular weight is 312 g/mol. The predicted molar refractivity (Wildman–Crippen MR) is 82.7 cm³/mol. The number of carbonyl (C=O) groups is 2. The maximum absolute atomic E-state index is 12.0. The first-order valence-electron chi connectivity index (χ1n) is 7.42. The number of ether oxygens (including phenoxy) is 1. The number of rotatable bonds is 6. The van der Waals surface area contributed by atoms with Crippen LogP contribution >= 0.6 is 11.8 Å². The highest BCUT2D eigenvalue weighted by Gasteiger charge is 2.32. The zero-order valence-electron chi connectivity index (χ0n) is 12.8. The van der Waals surface area contributed by atoms with Crippen molar-refractivity contribution in [2.24, 2.45) is 0 Å². The van der Waals surface area contributed by atoms with E-state index in [2.05, 4.69) is 16.1 Å². The number of methoxy groups -OCH3 is 1. The number of carbonyl (C=O) groups excluding carboxylic acids is 2. The summed E-state index contributed by atoms with van der Waals surface area (Å²) >= 11 is 1.41. The van der Waals surface area contributed by atoms with Crippen LogP contribution in [0.15, 0.2) is 0 Å². The van der Waals surface area contributed by atoms with Gasteiger partial charge < -0.3 is 10.1 Å². The van der Waals surface area contributed by atoms with Crippen LogP contribution in [0.2, 0.25) is 0 Å². The molecule has 0 saturated heterocycles. The van der Waals surface area contributed by atoms with Gasteiger partial charge in [0.05, 0.1) is 25.4 Å². The summed E-state index contributed by atoms with van der Waals surface area (Å²) in [4.78, 5) is 23.2. The van der Waals surface area contributed by atoms with E-state index in [-0.39, 0.29) is 29.3 Å². The molecule has 1 aliphatic rings. The second kappa shape index (κ2) is 8.93. The minimum absolute atomic E-state index is 0.0235. The van der Waals surface area contributed by atoms with Crippen LogP contribution in [0.25, 0.3) is 0 Å². The lowest BCUT2D eigenvalue weighted by molar-refractivity contribution is -0.140. The molecule has 0 aromatic heterocycles. The van der Waals surface area contributed by atoms with Crippen LogP contribution in [0, 0.1) is 11.3 Å². The van der Waals surface area contributed by atoms with Gasteiger partial charge in [0.1, 0.15) is 5.54 Å². The molecule has 21 heavy (non-hydrogen) atoms. The Balaban J connectivity index is 2.41. The Kier molecular flexibility index (Phi) is 7.58. The van der Waals surface area contributed by atoms with Gasteiger partial charge in [0.25, 0.3) is 0 Å². The van der Waals surface area contributed by atoms with Crippen LogP contribution in [0.5, 0.6) is 0 Å². The van der Waals surface area contributed by atoms with Crippen LogP contribution in [0.4, 0.5) is 0 Å². The largest absolute Gasteiger partial charge is 0.469 e. The zero-order chi connectivity index (χ0) is 15.7. The van der Waals surface area contributed by atoms with E-state index in [0.717, 1.165) is 38.5 Å². The van der Waals surface area contributed by atoms with Gasteiger partial charge in [-0.3, -0.25) is 9.59 Å². The molecule has 1 amide bonds. The molecule has 1 aliphatic carbocycles. The van der Waals surface area contributed by atoms with Crippen molar-refractivity contribution in [1.29, 1.82) is 5.26 Å². The highest BCUT2D eigenvalue weighted by molar-refractivity contribution is 8.00. The molecule has 118 valence electrons. The van der Waals surface area contributed by atoms with Crippen molar-refractivity contribution >= 4 is 23.6 Å². The minimum Gasteiger partial charge on any atom is -0.469 e. The van der Waals surface area contributed by atoms with E-state index in [0.29, 0.717) is 0 Å². The van der Waals surface area contributed by atoms with E-state index in [1.54, 1.807) is 0 Å². The summed E-state index contributed by atoms with van der Waals surface area (Å²) in [7, 11) is 1.36. The lowest BCUT2D eigenvalue weighted by atomic mass is 9.92. The fourth-order valence-corrected chi connectivity index (χ4v) is 3.26. The minimum atomic E-state index is -0.695. The lowest BCUT2D eigenvalue weighted by Crippen LogP contribution is -2.47. The molecule has 0 aromatic rings. The molecule has 1 fully saturated rings. The number of thioether (sulfide) groups is 1. The highest BCUT2D eigenvalue weighted by Crippen LogP contribution is 2.27. The number of esters is 1. The van der Waals surface area contributed by atoms with E-state index < -0.39 is 5.54 Å². The first-order valence-corrected chi connectivity index (χ1v) is 8.47. The summed E-state index contributed by atoms with van der Waals surface area (Å²) in [5.74, 6) is -0.130. The summed E-state index contributed by atoms with van der Waals surface area (Å²) in [6.07, 6.45) is 5.99. The normalized spacial score (nSPS) is 18.9. The smallest absolute Gasteiger partial charge is 0.306 e. The van der Waals surface area contributed by atoms with Gasteiger partial charge in [-0.05, 0) is 12.8 Å². The maximum atomic E-state index is 12.0. The summed E-state index contributed by atoms with van der Waals surface area (Å²) in [5, 5.41) is 12.3. The molecule has 0 heterocycles. The number of nitriles is 1. The van der Waals surface area contributed by atoms with Gasteiger partial charge >= 0.3 is 5.97 Å². The molecule has 5 nitrogen and oxygen atoms in total. The average Bonchev–Trinajstić information content (AvgIpc) is 2.71. The van der Waals surface area contributed by atoms with Crippen molar-refractivity contribution in [3.8, 4) is 6.07 Å². The van der Waals surface area contributed by atoms with E-state index in [1.807, 2.05) is 6.92 Å². The van der Waals surface area contributed by atoms with Crippen molar-refractivity contribution in [2.45, 2.75) is 62.7 Å². The molecule has 0 radical (unpaired) electrons. The molecule has 0 bridgehead atoms. The maximum Gasteiger partial charge on any atom is 0.306 e. The number of nitrogens with one attached hydrogen (secondary N) is 1. The molecule has 6 heteroatoms. The fourth-order valence-electron chi connectivity index (χ4n) is 2.49. The van der Waals surface area contributed by atoms with Crippen LogP contribution < -0.4 is 5.32 Å². The van der Waals surface area contributed by atoms with E-state index >= 15 is 0 Å². The van der Waals surface area contributed by atoms with Crippen LogP contribution in [0.3, 0.4) is 0 Å². The SMILES string of the molecule is COC(=O)CC(C)SCC(=O)NC1(C#N)CCCCCC1. The Morgan fingerprint density at radius 3 is 2.48 bits per heavy atom. The molecule has 1 N–H and O–H groups in total. The third kappa shape index (κ3) is 6.38. The zero-order valence-corrected chi connectivity index (χ0v) is 13.6. The molecular formula is C15H24N2O3S. The molecule has 1 saturated carbocycles. The van der Waals surface area contributed by atoms with Crippen molar-refractivity contribution in [3.63, 3.8) is 0 Å². The van der Waals surface area contributed by atoms with E-state index in [4.69, 9.17) is 0 Å². The Morgan fingerprint density at radius 1 is 1.33 bits per heavy atom. The number of nitrogens with zero attached hydrogens (tertiary/aromatic N) is 1. The van der Waals surface area contributed by atoms with Crippen LogP contribution in [-0.2, 0) is 14.3 Å². The first-order chi connectivity index (χ1) is 10.0. The Labute approximate surface area is 130 Å². The lowest BCUT2D eigenvalue weighted by Gasteiger charge is -2.26.